The highest BCUT2D eigenvalue weighted by Crippen LogP contribution is 2.18. The van der Waals surface area contributed by atoms with Crippen LogP contribution in [0.25, 0.3) is 0 Å². The first-order chi connectivity index (χ1) is 10.1. The number of carbonyl (C=O) groups excluding carboxylic acids is 1. The zero-order chi connectivity index (χ0) is 15.2. The topological polar surface area (TPSA) is 88.1 Å². The number of anilines is 2. The van der Waals surface area contributed by atoms with Crippen LogP contribution in [-0.4, -0.2) is 12.5 Å². The molecule has 2 aromatic rings. The highest BCUT2D eigenvalue weighted by molar-refractivity contribution is 5.93. The number of hydrogen-bond donors (Lipinski definition) is 2. The fraction of sp³-hybridized carbons (Fsp3) is 0.125. The molecule has 0 saturated carbocycles. The van der Waals surface area contributed by atoms with Crippen LogP contribution in [0.5, 0.6) is 5.75 Å². The van der Waals surface area contributed by atoms with Crippen molar-refractivity contribution in [2.45, 2.75) is 6.92 Å². The number of rotatable bonds is 4. The number of nitrogens with one attached hydrogen (secondary N) is 1. The lowest BCUT2D eigenvalue weighted by Gasteiger charge is -2.10. The fourth-order valence-electron chi connectivity index (χ4n) is 1.86. The third-order valence-corrected chi connectivity index (χ3v) is 2.89. The first kappa shape index (κ1) is 14.4. The number of amides is 1. The number of aryl methyl sites for hydroxylation is 1. The Morgan fingerprint density at radius 1 is 1.33 bits per heavy atom. The second-order valence-electron chi connectivity index (χ2n) is 4.52. The van der Waals surface area contributed by atoms with Crippen LogP contribution in [0.2, 0.25) is 0 Å². The van der Waals surface area contributed by atoms with E-state index in [-0.39, 0.29) is 12.5 Å². The lowest BCUT2D eigenvalue weighted by atomic mass is 10.1. The van der Waals surface area contributed by atoms with Gasteiger partial charge in [-0.05, 0) is 30.7 Å². The Hall–Kier alpha value is -3.00. The molecule has 0 bridgehead atoms. The average molecular weight is 281 g/mol. The van der Waals surface area contributed by atoms with Crippen molar-refractivity contribution < 1.29 is 9.53 Å². The van der Waals surface area contributed by atoms with Gasteiger partial charge in [0.25, 0.3) is 5.91 Å². The summed E-state index contributed by atoms with van der Waals surface area (Å²) in [6, 6.07) is 14.2. The predicted octanol–water partition coefficient (Wildman–Crippen LogP) is 2.47. The van der Waals surface area contributed by atoms with Gasteiger partial charge in [0.2, 0.25) is 0 Å². The number of nitrogen functional groups attached to an aromatic ring is 1. The molecule has 0 spiro atoms. The Balaban J connectivity index is 2.00. The summed E-state index contributed by atoms with van der Waals surface area (Å²) in [5, 5.41) is 11.8. The molecule has 0 aliphatic carbocycles. The Bertz CT molecular complexity index is 705. The van der Waals surface area contributed by atoms with Gasteiger partial charge in [-0.1, -0.05) is 18.2 Å². The minimum Gasteiger partial charge on any atom is -0.484 e. The van der Waals surface area contributed by atoms with Crippen molar-refractivity contribution in [3.8, 4) is 11.8 Å². The zero-order valence-electron chi connectivity index (χ0n) is 11.6. The van der Waals surface area contributed by atoms with Gasteiger partial charge in [0, 0.05) is 11.8 Å². The number of nitriles is 1. The van der Waals surface area contributed by atoms with Crippen LogP contribution < -0.4 is 15.8 Å². The number of benzene rings is 2. The van der Waals surface area contributed by atoms with Crippen molar-refractivity contribution in [3.05, 3.63) is 53.6 Å². The summed E-state index contributed by atoms with van der Waals surface area (Å²) in [4.78, 5) is 11.9. The molecule has 21 heavy (non-hydrogen) atoms. The molecular weight excluding hydrogens is 266 g/mol. The van der Waals surface area contributed by atoms with Gasteiger partial charge in [-0.25, -0.2) is 0 Å². The molecule has 0 radical (unpaired) electrons. The molecule has 3 N–H and O–H groups in total. The molecule has 0 heterocycles. The van der Waals surface area contributed by atoms with Gasteiger partial charge in [-0.3, -0.25) is 4.79 Å². The molecule has 2 aromatic carbocycles. The van der Waals surface area contributed by atoms with Crippen molar-refractivity contribution in [3.63, 3.8) is 0 Å². The molecule has 0 aromatic heterocycles. The van der Waals surface area contributed by atoms with Crippen LogP contribution in [0.3, 0.4) is 0 Å². The van der Waals surface area contributed by atoms with Crippen LogP contribution in [0.4, 0.5) is 11.4 Å². The number of nitrogens with zero attached hydrogens (tertiary/aromatic N) is 1. The van der Waals surface area contributed by atoms with Gasteiger partial charge < -0.3 is 15.8 Å². The van der Waals surface area contributed by atoms with E-state index in [0.29, 0.717) is 22.7 Å². The molecule has 0 fully saturated rings. The summed E-state index contributed by atoms with van der Waals surface area (Å²) < 4.78 is 5.35. The maximum atomic E-state index is 11.9. The van der Waals surface area contributed by atoms with E-state index < -0.39 is 0 Å². The first-order valence-electron chi connectivity index (χ1n) is 6.38. The van der Waals surface area contributed by atoms with Crippen LogP contribution in [0.15, 0.2) is 42.5 Å². The third-order valence-electron chi connectivity index (χ3n) is 2.89. The molecule has 2 rings (SSSR count). The summed E-state index contributed by atoms with van der Waals surface area (Å²) >= 11 is 0. The van der Waals surface area contributed by atoms with E-state index >= 15 is 0 Å². The van der Waals surface area contributed by atoms with Crippen molar-refractivity contribution in [1.82, 2.24) is 0 Å². The smallest absolute Gasteiger partial charge is 0.262 e. The third kappa shape index (κ3) is 3.74. The summed E-state index contributed by atoms with van der Waals surface area (Å²) in [5.74, 6) is 0.189. The van der Waals surface area contributed by atoms with Crippen molar-refractivity contribution in [2.75, 3.05) is 17.7 Å². The fourth-order valence-corrected chi connectivity index (χ4v) is 1.86. The van der Waals surface area contributed by atoms with E-state index in [0.717, 1.165) is 5.56 Å². The van der Waals surface area contributed by atoms with Gasteiger partial charge in [0.15, 0.2) is 6.61 Å². The summed E-state index contributed by atoms with van der Waals surface area (Å²) in [6.45, 7) is 1.67. The summed E-state index contributed by atoms with van der Waals surface area (Å²) in [7, 11) is 0. The maximum absolute atomic E-state index is 11.9. The normalized spacial score (nSPS) is 9.71. The van der Waals surface area contributed by atoms with Gasteiger partial charge in [0.1, 0.15) is 11.8 Å². The molecule has 1 amide bonds. The van der Waals surface area contributed by atoms with E-state index in [2.05, 4.69) is 11.4 Å². The second kappa shape index (κ2) is 6.44. The average Bonchev–Trinajstić information content (AvgIpc) is 2.45. The van der Waals surface area contributed by atoms with Crippen LogP contribution in [0.1, 0.15) is 11.1 Å². The zero-order valence-corrected chi connectivity index (χ0v) is 11.6. The van der Waals surface area contributed by atoms with Crippen LogP contribution in [-0.2, 0) is 4.79 Å². The van der Waals surface area contributed by atoms with Gasteiger partial charge in [0.05, 0.1) is 11.3 Å². The number of ether oxygens (including phenoxy) is 1. The van der Waals surface area contributed by atoms with Gasteiger partial charge in [-0.2, -0.15) is 5.26 Å². The van der Waals surface area contributed by atoms with Crippen molar-refractivity contribution >= 4 is 17.3 Å². The van der Waals surface area contributed by atoms with E-state index in [1.165, 1.54) is 0 Å². The Labute approximate surface area is 123 Å². The van der Waals surface area contributed by atoms with E-state index in [1.54, 1.807) is 36.4 Å². The largest absolute Gasteiger partial charge is 0.484 e. The monoisotopic (exact) mass is 281 g/mol. The lowest BCUT2D eigenvalue weighted by molar-refractivity contribution is -0.118. The summed E-state index contributed by atoms with van der Waals surface area (Å²) in [6.07, 6.45) is 0. The quantitative estimate of drug-likeness (QED) is 0.843. The predicted molar refractivity (Wildman–Crippen MR) is 80.9 cm³/mol. The molecule has 0 atom stereocenters. The van der Waals surface area contributed by atoms with E-state index in [9.17, 15) is 4.79 Å². The molecule has 0 aliphatic heterocycles. The van der Waals surface area contributed by atoms with Crippen LogP contribution >= 0.6 is 0 Å². The van der Waals surface area contributed by atoms with Crippen LogP contribution in [0, 0.1) is 18.3 Å². The maximum Gasteiger partial charge on any atom is 0.262 e. The Morgan fingerprint density at radius 3 is 2.81 bits per heavy atom. The number of hydrogen-bond acceptors (Lipinski definition) is 4. The SMILES string of the molecule is Cc1cccc(NC(=O)COc2cccc(N)c2)c1C#N. The Morgan fingerprint density at radius 2 is 2.10 bits per heavy atom. The molecule has 0 unspecified atom stereocenters. The standard InChI is InChI=1S/C16H15N3O2/c1-11-4-2-7-15(14(11)9-17)19-16(20)10-21-13-6-3-5-12(18)8-13/h2-8H,10,18H2,1H3,(H,19,20). The molecule has 5 heteroatoms. The van der Waals surface area contributed by atoms with Crippen molar-refractivity contribution in [1.29, 1.82) is 5.26 Å². The highest BCUT2D eigenvalue weighted by Gasteiger charge is 2.09. The first-order valence-corrected chi connectivity index (χ1v) is 6.38. The highest BCUT2D eigenvalue weighted by atomic mass is 16.5. The molecule has 0 aliphatic rings. The Kier molecular flexibility index (Phi) is 4.42. The minimum atomic E-state index is -0.334. The lowest BCUT2D eigenvalue weighted by Crippen LogP contribution is -2.20. The van der Waals surface area contributed by atoms with Gasteiger partial charge >= 0.3 is 0 Å². The van der Waals surface area contributed by atoms with Gasteiger partial charge in [-0.15, -0.1) is 0 Å². The second-order valence-corrected chi connectivity index (χ2v) is 4.52. The molecule has 0 saturated heterocycles. The molecule has 106 valence electrons. The van der Waals surface area contributed by atoms with E-state index in [4.69, 9.17) is 15.7 Å². The molecule has 5 nitrogen and oxygen atoms in total. The molecular formula is C16H15N3O2. The number of nitrogens with two attached hydrogens (primary N) is 1. The summed E-state index contributed by atoms with van der Waals surface area (Å²) in [5.41, 5.74) is 7.94. The van der Waals surface area contributed by atoms with Crippen molar-refractivity contribution in [2.24, 2.45) is 0 Å². The van der Waals surface area contributed by atoms with E-state index in [1.807, 2.05) is 13.0 Å². The minimum absolute atomic E-state index is 0.151. The number of carbonyl (C=O) groups is 1.